The molecule has 4 nitrogen and oxygen atoms in total. The van der Waals surface area contributed by atoms with Gasteiger partial charge in [-0.2, -0.15) is 0 Å². The van der Waals surface area contributed by atoms with Crippen LogP contribution in [0.3, 0.4) is 0 Å². The summed E-state index contributed by atoms with van der Waals surface area (Å²) >= 11 is 0. The van der Waals surface area contributed by atoms with Crippen LogP contribution >= 0.6 is 0 Å². The van der Waals surface area contributed by atoms with E-state index in [0.29, 0.717) is 6.54 Å². The number of ether oxygens (including phenoxy) is 2. The topological polar surface area (TPSA) is 41.9 Å². The van der Waals surface area contributed by atoms with Crippen LogP contribution in [-0.4, -0.2) is 42.4 Å². The summed E-state index contributed by atoms with van der Waals surface area (Å²) in [6.45, 7) is 6.71. The summed E-state index contributed by atoms with van der Waals surface area (Å²) in [6.07, 6.45) is 5.80. The van der Waals surface area contributed by atoms with Gasteiger partial charge < -0.3 is 19.5 Å². The highest BCUT2D eigenvalue weighted by molar-refractivity contribution is 5.63. The lowest BCUT2D eigenvalue weighted by molar-refractivity contribution is 0.0200. The van der Waals surface area contributed by atoms with E-state index in [1.807, 2.05) is 24.3 Å². The van der Waals surface area contributed by atoms with Crippen LogP contribution in [0.5, 0.6) is 11.5 Å². The van der Waals surface area contributed by atoms with Crippen molar-refractivity contribution in [3.05, 3.63) is 64.7 Å². The lowest BCUT2D eigenvalue weighted by atomic mass is 9.87. The van der Waals surface area contributed by atoms with E-state index in [2.05, 4.69) is 43.0 Å². The summed E-state index contributed by atoms with van der Waals surface area (Å²) in [4.78, 5) is 2.32. The van der Waals surface area contributed by atoms with Gasteiger partial charge in [0.1, 0.15) is 17.1 Å². The van der Waals surface area contributed by atoms with E-state index in [9.17, 15) is 5.11 Å². The Morgan fingerprint density at radius 2 is 1.89 bits per heavy atom. The highest BCUT2D eigenvalue weighted by Gasteiger charge is 2.37. The van der Waals surface area contributed by atoms with Gasteiger partial charge in [-0.15, -0.1) is 0 Å². The third-order valence-electron chi connectivity index (χ3n) is 6.12. The molecule has 1 atom stereocenters. The summed E-state index contributed by atoms with van der Waals surface area (Å²) in [5.41, 5.74) is 4.41. The minimum Gasteiger partial charge on any atom is -0.497 e. The van der Waals surface area contributed by atoms with E-state index in [-0.39, 0.29) is 5.60 Å². The van der Waals surface area contributed by atoms with Crippen LogP contribution in [0.25, 0.3) is 6.08 Å². The lowest BCUT2D eigenvalue weighted by Gasteiger charge is -2.42. The number of aryl methyl sites for hydroxylation is 2. The summed E-state index contributed by atoms with van der Waals surface area (Å²) in [7, 11) is 1.65. The number of aliphatic hydroxyl groups is 1. The molecule has 2 aliphatic heterocycles. The van der Waals surface area contributed by atoms with E-state index < -0.39 is 6.10 Å². The van der Waals surface area contributed by atoms with Crippen molar-refractivity contribution in [2.75, 3.05) is 26.7 Å². The molecule has 2 heterocycles. The number of piperidine rings is 1. The molecule has 4 rings (SSSR count). The Morgan fingerprint density at radius 1 is 1.14 bits per heavy atom. The summed E-state index contributed by atoms with van der Waals surface area (Å²) in [5, 5.41) is 10.6. The molecular weight excluding hydrogens is 350 g/mol. The fraction of sp³-hybridized carbons (Fsp3) is 0.417. The van der Waals surface area contributed by atoms with Crippen molar-refractivity contribution >= 4 is 6.08 Å². The molecule has 1 N–H and O–H groups in total. The standard InChI is InChI=1S/C24H29NO3/c1-17-13-20-7-8-24(28-23(20)14-18(17)2)9-11-25(12-10-24)16-22(26)19-5-4-6-21(15-19)27-3/h4-8,13-15,22,26H,9-12,16H2,1-3H3. The summed E-state index contributed by atoms with van der Waals surface area (Å²) < 4.78 is 11.7. The molecule has 28 heavy (non-hydrogen) atoms. The molecule has 0 bridgehead atoms. The molecule has 0 amide bonds. The van der Waals surface area contributed by atoms with Gasteiger partial charge in [-0.05, 0) is 60.9 Å². The number of likely N-dealkylation sites (tertiary alicyclic amines) is 1. The number of nitrogens with zero attached hydrogens (tertiary/aromatic N) is 1. The van der Waals surface area contributed by atoms with Crippen LogP contribution in [0.4, 0.5) is 0 Å². The first-order chi connectivity index (χ1) is 13.5. The first-order valence-corrected chi connectivity index (χ1v) is 10.0. The van der Waals surface area contributed by atoms with Gasteiger partial charge in [-0.3, -0.25) is 0 Å². The Kier molecular flexibility index (Phi) is 5.17. The zero-order valence-corrected chi connectivity index (χ0v) is 16.9. The summed E-state index contributed by atoms with van der Waals surface area (Å²) in [5.74, 6) is 1.77. The van der Waals surface area contributed by atoms with Crippen LogP contribution in [0.2, 0.25) is 0 Å². The second kappa shape index (κ2) is 7.61. The number of methoxy groups -OCH3 is 1. The van der Waals surface area contributed by atoms with Crippen LogP contribution < -0.4 is 9.47 Å². The number of benzene rings is 2. The average Bonchev–Trinajstić information content (AvgIpc) is 2.71. The third kappa shape index (κ3) is 3.80. The number of hydrogen-bond donors (Lipinski definition) is 1. The van der Waals surface area contributed by atoms with Gasteiger partial charge in [0, 0.05) is 38.0 Å². The molecule has 4 heteroatoms. The quantitative estimate of drug-likeness (QED) is 0.861. The molecule has 2 aliphatic rings. The van der Waals surface area contributed by atoms with Crippen molar-refractivity contribution < 1.29 is 14.6 Å². The molecule has 0 radical (unpaired) electrons. The Hall–Kier alpha value is -2.30. The normalized spacial score (nSPS) is 19.1. The van der Waals surface area contributed by atoms with Crippen LogP contribution in [0.1, 0.15) is 41.2 Å². The molecule has 2 aromatic rings. The Balaban J connectivity index is 1.39. The fourth-order valence-corrected chi connectivity index (χ4v) is 4.11. The van der Waals surface area contributed by atoms with Crippen molar-refractivity contribution in [1.82, 2.24) is 4.90 Å². The largest absolute Gasteiger partial charge is 0.497 e. The number of rotatable bonds is 4. The first-order valence-electron chi connectivity index (χ1n) is 10.0. The van der Waals surface area contributed by atoms with Crippen LogP contribution in [-0.2, 0) is 0 Å². The Bertz CT molecular complexity index is 881. The average molecular weight is 380 g/mol. The Morgan fingerprint density at radius 3 is 2.64 bits per heavy atom. The SMILES string of the molecule is COc1cccc(C(O)CN2CCC3(C=Cc4cc(C)c(C)cc4O3)CC2)c1. The van der Waals surface area contributed by atoms with Gasteiger partial charge in [0.2, 0.25) is 0 Å². The van der Waals surface area contributed by atoms with Gasteiger partial charge in [-0.25, -0.2) is 0 Å². The van der Waals surface area contributed by atoms with Gasteiger partial charge in [0.05, 0.1) is 13.2 Å². The van der Waals surface area contributed by atoms with E-state index in [1.54, 1.807) is 7.11 Å². The van der Waals surface area contributed by atoms with Gasteiger partial charge in [0.15, 0.2) is 0 Å². The number of hydrogen-bond acceptors (Lipinski definition) is 4. The van der Waals surface area contributed by atoms with E-state index in [0.717, 1.165) is 43.0 Å². The zero-order valence-electron chi connectivity index (χ0n) is 16.9. The maximum absolute atomic E-state index is 10.6. The maximum Gasteiger partial charge on any atom is 0.130 e. The van der Waals surface area contributed by atoms with Crippen LogP contribution in [0.15, 0.2) is 42.5 Å². The Labute approximate surface area is 167 Å². The molecule has 0 aliphatic carbocycles. The third-order valence-corrected chi connectivity index (χ3v) is 6.12. The monoisotopic (exact) mass is 379 g/mol. The molecule has 2 aromatic carbocycles. The predicted octanol–water partition coefficient (Wildman–Crippen LogP) is 4.29. The van der Waals surface area contributed by atoms with Crippen molar-refractivity contribution in [3.63, 3.8) is 0 Å². The smallest absolute Gasteiger partial charge is 0.130 e. The minimum atomic E-state index is -0.515. The van der Waals surface area contributed by atoms with Crippen molar-refractivity contribution in [3.8, 4) is 11.5 Å². The van der Waals surface area contributed by atoms with E-state index in [1.165, 1.54) is 16.7 Å². The molecule has 1 unspecified atom stereocenters. The van der Waals surface area contributed by atoms with Crippen molar-refractivity contribution in [2.45, 2.75) is 38.4 Å². The van der Waals surface area contributed by atoms with Crippen molar-refractivity contribution in [1.29, 1.82) is 0 Å². The molecule has 1 spiro atoms. The minimum absolute atomic E-state index is 0.216. The molecular formula is C24H29NO3. The maximum atomic E-state index is 10.6. The molecule has 0 aromatic heterocycles. The van der Waals surface area contributed by atoms with Gasteiger partial charge in [0.25, 0.3) is 0 Å². The van der Waals surface area contributed by atoms with E-state index in [4.69, 9.17) is 9.47 Å². The molecule has 0 saturated carbocycles. The fourth-order valence-electron chi connectivity index (χ4n) is 4.11. The lowest BCUT2D eigenvalue weighted by Crippen LogP contribution is -2.48. The van der Waals surface area contributed by atoms with Crippen molar-refractivity contribution in [2.24, 2.45) is 0 Å². The second-order valence-corrected chi connectivity index (χ2v) is 8.07. The number of fused-ring (bicyclic) bond motifs is 1. The molecule has 1 fully saturated rings. The highest BCUT2D eigenvalue weighted by atomic mass is 16.5. The zero-order chi connectivity index (χ0) is 19.7. The highest BCUT2D eigenvalue weighted by Crippen LogP contribution is 2.38. The van der Waals surface area contributed by atoms with Gasteiger partial charge >= 0.3 is 0 Å². The first kappa shape index (κ1) is 19.0. The number of aliphatic hydroxyl groups excluding tert-OH is 1. The van der Waals surface area contributed by atoms with Gasteiger partial charge in [-0.1, -0.05) is 18.2 Å². The molecule has 1 saturated heterocycles. The summed E-state index contributed by atoms with van der Waals surface area (Å²) in [6, 6.07) is 12.0. The second-order valence-electron chi connectivity index (χ2n) is 8.07. The van der Waals surface area contributed by atoms with E-state index >= 15 is 0 Å². The number of β-amino-alcohol motifs (C(OH)–C–C–N with tert-alkyl or cyclic N) is 1. The molecule has 148 valence electrons. The predicted molar refractivity (Wildman–Crippen MR) is 112 cm³/mol. The van der Waals surface area contributed by atoms with Crippen LogP contribution in [0, 0.1) is 13.8 Å².